The van der Waals surface area contributed by atoms with Gasteiger partial charge in [0.1, 0.15) is 18.5 Å². The minimum Gasteiger partial charge on any atom is -0.491 e. The highest BCUT2D eigenvalue weighted by Crippen LogP contribution is 2.40. The van der Waals surface area contributed by atoms with E-state index in [4.69, 9.17) is 37.4 Å². The fourth-order valence-electron chi connectivity index (χ4n) is 3.59. The number of imidazole rings is 1. The third-order valence-corrected chi connectivity index (χ3v) is 5.80. The first kappa shape index (κ1) is 24.3. The lowest BCUT2D eigenvalue weighted by molar-refractivity contribution is -0.189. The predicted molar refractivity (Wildman–Crippen MR) is 130 cm³/mol. The number of aromatic nitrogens is 2. The summed E-state index contributed by atoms with van der Waals surface area (Å²) in [5.41, 5.74) is 1.27. The fraction of sp³-hybridized carbons (Fsp3) is 0.280. The molecule has 2 unspecified atom stereocenters. The number of ether oxygens (including phenoxy) is 3. The quantitative estimate of drug-likeness (QED) is 0.310. The molecule has 0 N–H and O–H groups in total. The molecule has 2 aromatic carbocycles. The van der Waals surface area contributed by atoms with Gasteiger partial charge in [-0.15, -0.1) is 0 Å². The summed E-state index contributed by atoms with van der Waals surface area (Å²) in [6.07, 6.45) is 8.13. The third kappa shape index (κ3) is 5.80. The minimum atomic E-state index is -1.11. The van der Waals surface area contributed by atoms with Gasteiger partial charge in [0.25, 0.3) is 0 Å². The molecular formula is C25H25Cl2N3O4. The van der Waals surface area contributed by atoms with Crippen LogP contribution in [-0.2, 0) is 21.8 Å². The minimum absolute atomic E-state index is 0.0723. The molecule has 1 aromatic heterocycles. The summed E-state index contributed by atoms with van der Waals surface area (Å²) in [4.78, 5) is 18.1. The molecule has 1 aliphatic rings. The van der Waals surface area contributed by atoms with Crippen LogP contribution in [0.25, 0.3) is 0 Å². The van der Waals surface area contributed by atoms with Crippen molar-refractivity contribution in [2.45, 2.75) is 18.4 Å². The molecule has 178 valence electrons. The van der Waals surface area contributed by atoms with E-state index in [1.807, 2.05) is 35.8 Å². The summed E-state index contributed by atoms with van der Waals surface area (Å²) in [6, 6.07) is 12.2. The molecule has 1 aliphatic heterocycles. The zero-order chi connectivity index (χ0) is 24.1. The van der Waals surface area contributed by atoms with Crippen molar-refractivity contribution in [2.24, 2.45) is 0 Å². The molecule has 34 heavy (non-hydrogen) atoms. The van der Waals surface area contributed by atoms with E-state index in [1.54, 1.807) is 55.1 Å². The van der Waals surface area contributed by atoms with Crippen molar-refractivity contribution in [3.8, 4) is 5.75 Å². The van der Waals surface area contributed by atoms with E-state index in [2.05, 4.69) is 4.98 Å². The molecule has 3 aromatic rings. The smallest absolute Gasteiger partial charge is 0.215 e. The first-order valence-corrected chi connectivity index (χ1v) is 11.4. The molecule has 2 heterocycles. The van der Waals surface area contributed by atoms with Gasteiger partial charge in [-0.2, -0.15) is 0 Å². The van der Waals surface area contributed by atoms with Crippen molar-refractivity contribution in [2.75, 3.05) is 27.3 Å². The summed E-state index contributed by atoms with van der Waals surface area (Å²) in [7, 11) is 3.72. The van der Waals surface area contributed by atoms with Crippen LogP contribution in [0.3, 0.4) is 0 Å². The summed E-state index contributed by atoms with van der Waals surface area (Å²) in [5, 5.41) is 0.987. The maximum absolute atomic E-state index is 12.2. The topological polar surface area (TPSA) is 65.8 Å². The van der Waals surface area contributed by atoms with E-state index in [-0.39, 0.29) is 18.5 Å². The van der Waals surface area contributed by atoms with E-state index < -0.39 is 5.79 Å². The second kappa shape index (κ2) is 10.6. The predicted octanol–water partition coefficient (Wildman–Crippen LogP) is 4.80. The van der Waals surface area contributed by atoms with Crippen molar-refractivity contribution in [3.05, 3.63) is 94.6 Å². The fourth-order valence-corrected chi connectivity index (χ4v) is 4.15. The van der Waals surface area contributed by atoms with Gasteiger partial charge < -0.3 is 23.7 Å². The number of allylic oxidation sites excluding steroid dienone is 1. The Hall–Kier alpha value is -2.84. The number of halogens is 2. The molecule has 0 bridgehead atoms. The molecule has 0 radical (unpaired) electrons. The van der Waals surface area contributed by atoms with E-state index >= 15 is 0 Å². The Morgan fingerprint density at radius 2 is 2.06 bits per heavy atom. The van der Waals surface area contributed by atoms with Crippen LogP contribution in [0.2, 0.25) is 10.0 Å². The maximum Gasteiger partial charge on any atom is 0.215 e. The first-order valence-electron chi connectivity index (χ1n) is 10.7. The number of carbonyl (C=O) groups excluding carboxylic acids is 1. The molecule has 4 rings (SSSR count). The van der Waals surface area contributed by atoms with Crippen molar-refractivity contribution < 1.29 is 19.0 Å². The summed E-state index contributed by atoms with van der Waals surface area (Å²) in [5.74, 6) is -0.545. The molecule has 0 aliphatic carbocycles. The van der Waals surface area contributed by atoms with Gasteiger partial charge in [-0.3, -0.25) is 4.79 Å². The number of nitrogens with zero attached hydrogens (tertiary/aromatic N) is 3. The normalized spacial score (nSPS) is 20.1. The molecule has 2 atom stereocenters. The Morgan fingerprint density at radius 3 is 2.74 bits per heavy atom. The number of rotatable bonds is 9. The van der Waals surface area contributed by atoms with Crippen LogP contribution in [0.1, 0.15) is 15.9 Å². The molecule has 0 saturated carbocycles. The van der Waals surface area contributed by atoms with Crippen molar-refractivity contribution in [1.82, 2.24) is 14.5 Å². The number of ketones is 1. The highest BCUT2D eigenvalue weighted by molar-refractivity contribution is 6.35. The monoisotopic (exact) mass is 501 g/mol. The Bertz CT molecular complexity index is 1150. The van der Waals surface area contributed by atoms with Gasteiger partial charge in [0.15, 0.2) is 5.78 Å². The molecule has 9 heteroatoms. The van der Waals surface area contributed by atoms with Gasteiger partial charge in [-0.05, 0) is 36.4 Å². The number of hydrogen-bond acceptors (Lipinski definition) is 6. The number of hydrogen-bond donors (Lipinski definition) is 0. The average molecular weight is 502 g/mol. The highest BCUT2D eigenvalue weighted by Gasteiger charge is 2.45. The molecule has 1 saturated heterocycles. The van der Waals surface area contributed by atoms with Gasteiger partial charge in [-0.1, -0.05) is 29.3 Å². The molecular weight excluding hydrogens is 477 g/mol. The standard InChI is InChI=1S/C25H25Cl2N3O4/c1-29(2)11-9-24(31)18-3-6-20(7-4-18)32-14-21-15-33-25(34-21,16-30-12-10-28-17-30)22-8-5-19(26)13-23(22)27/h3-13,17,21H,14-16H2,1-2H3/b11-9+. The zero-order valence-electron chi connectivity index (χ0n) is 18.9. The van der Waals surface area contributed by atoms with Gasteiger partial charge in [0, 0.05) is 54.9 Å². The van der Waals surface area contributed by atoms with Crippen LogP contribution in [0.15, 0.2) is 73.5 Å². The second-order valence-corrected chi connectivity index (χ2v) is 8.99. The Labute approximate surface area is 208 Å². The summed E-state index contributed by atoms with van der Waals surface area (Å²) < 4.78 is 20.4. The maximum atomic E-state index is 12.2. The van der Waals surface area contributed by atoms with Crippen LogP contribution < -0.4 is 4.74 Å². The summed E-state index contributed by atoms with van der Waals surface area (Å²) in [6.45, 7) is 0.951. The van der Waals surface area contributed by atoms with Gasteiger partial charge in [0.2, 0.25) is 5.79 Å². The molecule has 7 nitrogen and oxygen atoms in total. The lowest BCUT2D eigenvalue weighted by Gasteiger charge is -2.30. The van der Waals surface area contributed by atoms with Crippen LogP contribution >= 0.6 is 23.2 Å². The lowest BCUT2D eigenvalue weighted by Crippen LogP contribution is -2.34. The molecule has 0 amide bonds. The van der Waals surface area contributed by atoms with Crippen molar-refractivity contribution in [1.29, 1.82) is 0 Å². The molecule has 0 spiro atoms. The SMILES string of the molecule is CN(C)/C=C/C(=O)c1ccc(OCC2COC(Cn3ccnc3)(c3ccc(Cl)cc3Cl)O2)cc1. The van der Waals surface area contributed by atoms with Crippen LogP contribution in [-0.4, -0.2) is 53.6 Å². The lowest BCUT2D eigenvalue weighted by atomic mass is 10.1. The first-order chi connectivity index (χ1) is 16.3. The van der Waals surface area contributed by atoms with Gasteiger partial charge in [0.05, 0.1) is 24.5 Å². The Balaban J connectivity index is 1.43. The number of benzene rings is 2. The number of carbonyl (C=O) groups is 1. The Kier molecular flexibility index (Phi) is 7.58. The van der Waals surface area contributed by atoms with Gasteiger partial charge in [-0.25, -0.2) is 4.98 Å². The van der Waals surface area contributed by atoms with Crippen LogP contribution in [0, 0.1) is 0 Å². The summed E-state index contributed by atoms with van der Waals surface area (Å²) >= 11 is 12.6. The third-order valence-electron chi connectivity index (χ3n) is 5.25. The largest absolute Gasteiger partial charge is 0.491 e. The Morgan fingerprint density at radius 1 is 1.26 bits per heavy atom. The van der Waals surface area contributed by atoms with Crippen LogP contribution in [0.4, 0.5) is 0 Å². The van der Waals surface area contributed by atoms with E-state index in [1.165, 1.54) is 6.08 Å². The van der Waals surface area contributed by atoms with Crippen molar-refractivity contribution >= 4 is 29.0 Å². The highest BCUT2D eigenvalue weighted by atomic mass is 35.5. The van der Waals surface area contributed by atoms with E-state index in [0.717, 1.165) is 0 Å². The molecule has 1 fully saturated rings. The average Bonchev–Trinajstić information content (AvgIpc) is 3.47. The van der Waals surface area contributed by atoms with E-state index in [9.17, 15) is 4.79 Å². The van der Waals surface area contributed by atoms with Crippen molar-refractivity contribution in [3.63, 3.8) is 0 Å². The second-order valence-electron chi connectivity index (χ2n) is 8.14. The van der Waals surface area contributed by atoms with Crippen LogP contribution in [0.5, 0.6) is 5.75 Å². The van der Waals surface area contributed by atoms with E-state index in [0.29, 0.717) is 40.1 Å². The van der Waals surface area contributed by atoms with Gasteiger partial charge >= 0.3 is 0 Å². The zero-order valence-corrected chi connectivity index (χ0v) is 20.4.